The maximum Gasteiger partial charge on any atom is 0.343 e. The maximum atomic E-state index is 13.8. The van der Waals surface area contributed by atoms with Gasteiger partial charge in [-0.3, -0.25) is 0 Å². The van der Waals surface area contributed by atoms with Crippen LogP contribution in [0.4, 0.5) is 0 Å². The van der Waals surface area contributed by atoms with Crippen LogP contribution in [0.25, 0.3) is 11.1 Å². The van der Waals surface area contributed by atoms with Crippen molar-refractivity contribution >= 4 is 11.9 Å². The molecule has 0 N–H and O–H groups in total. The van der Waals surface area contributed by atoms with Gasteiger partial charge in [0, 0.05) is 5.57 Å². The van der Waals surface area contributed by atoms with Gasteiger partial charge in [0.05, 0.1) is 25.4 Å². The molecular weight excluding hydrogens is 749 g/mol. The number of carbonyl (C=O) groups excluding carboxylic acids is 2. The van der Waals surface area contributed by atoms with E-state index in [4.69, 9.17) is 23.7 Å². The summed E-state index contributed by atoms with van der Waals surface area (Å²) < 4.78 is 30.6. The third-order valence-electron chi connectivity index (χ3n) is 10.8. The zero-order chi connectivity index (χ0) is 43.0. The molecule has 0 bridgehead atoms. The van der Waals surface area contributed by atoms with Gasteiger partial charge in [-0.15, -0.1) is 0 Å². The molecule has 7 nitrogen and oxygen atoms in total. The van der Waals surface area contributed by atoms with Gasteiger partial charge >= 0.3 is 11.9 Å². The average molecular weight is 827 g/mol. The molecule has 0 radical (unpaired) electrons. The van der Waals surface area contributed by atoms with Gasteiger partial charge in [-0.2, -0.15) is 0 Å². The second kappa shape index (κ2) is 31.6. The van der Waals surface area contributed by atoms with Crippen LogP contribution in [-0.2, 0) is 4.79 Å². The Morgan fingerprint density at radius 3 is 1.15 bits per heavy atom. The second-order valence-corrected chi connectivity index (χ2v) is 16.4. The van der Waals surface area contributed by atoms with E-state index in [9.17, 15) is 9.59 Å². The van der Waals surface area contributed by atoms with E-state index in [1.54, 1.807) is 43.3 Å². The van der Waals surface area contributed by atoms with Gasteiger partial charge in [0.15, 0.2) is 11.5 Å². The van der Waals surface area contributed by atoms with Crippen molar-refractivity contribution in [3.63, 3.8) is 0 Å². The van der Waals surface area contributed by atoms with E-state index < -0.39 is 11.9 Å². The van der Waals surface area contributed by atoms with Crippen LogP contribution in [-0.4, -0.2) is 31.8 Å². The third kappa shape index (κ3) is 20.8. The molecular formula is C53H78O7. The smallest absolute Gasteiger partial charge is 0.343 e. The van der Waals surface area contributed by atoms with Crippen LogP contribution in [0.15, 0.2) is 72.8 Å². The average Bonchev–Trinajstić information content (AvgIpc) is 3.25. The van der Waals surface area contributed by atoms with Gasteiger partial charge in [0.2, 0.25) is 5.75 Å². The number of ether oxygens (including phenoxy) is 5. The molecule has 332 valence electrons. The van der Waals surface area contributed by atoms with Crippen molar-refractivity contribution in [2.75, 3.05) is 19.8 Å². The van der Waals surface area contributed by atoms with Gasteiger partial charge in [0.1, 0.15) is 11.5 Å². The highest BCUT2D eigenvalue weighted by Crippen LogP contribution is 2.40. The Kier molecular flexibility index (Phi) is 26.4. The van der Waals surface area contributed by atoms with Gasteiger partial charge in [-0.05, 0) is 73.7 Å². The highest BCUT2D eigenvalue weighted by molar-refractivity contribution is 5.93. The first-order chi connectivity index (χ1) is 29.4. The van der Waals surface area contributed by atoms with Crippen molar-refractivity contribution in [3.05, 3.63) is 78.4 Å². The molecule has 60 heavy (non-hydrogen) atoms. The lowest BCUT2D eigenvalue weighted by molar-refractivity contribution is -0.130. The van der Waals surface area contributed by atoms with E-state index in [0.717, 1.165) is 49.7 Å². The normalized spacial score (nSPS) is 11.0. The Labute approximate surface area is 364 Å². The van der Waals surface area contributed by atoms with Crippen molar-refractivity contribution in [1.29, 1.82) is 0 Å². The van der Waals surface area contributed by atoms with Gasteiger partial charge in [-0.25, -0.2) is 9.59 Å². The Hall–Kier alpha value is -4.26. The molecule has 3 aromatic carbocycles. The van der Waals surface area contributed by atoms with Gasteiger partial charge in [-0.1, -0.05) is 186 Å². The first-order valence-electron chi connectivity index (χ1n) is 23.7. The summed E-state index contributed by atoms with van der Waals surface area (Å²) in [4.78, 5) is 25.7. The lowest BCUT2D eigenvalue weighted by Gasteiger charge is -2.19. The predicted molar refractivity (Wildman–Crippen MR) is 248 cm³/mol. The zero-order valence-electron chi connectivity index (χ0n) is 37.9. The van der Waals surface area contributed by atoms with Gasteiger partial charge < -0.3 is 23.7 Å². The lowest BCUT2D eigenvalue weighted by Crippen LogP contribution is -2.12. The van der Waals surface area contributed by atoms with Crippen LogP contribution < -0.4 is 23.7 Å². The van der Waals surface area contributed by atoms with Crippen molar-refractivity contribution < 1.29 is 33.3 Å². The zero-order valence-corrected chi connectivity index (χ0v) is 37.9. The predicted octanol–water partition coefficient (Wildman–Crippen LogP) is 15.6. The Balaban J connectivity index is 1.74. The minimum atomic E-state index is -0.491. The van der Waals surface area contributed by atoms with E-state index in [0.29, 0.717) is 59.7 Å². The summed E-state index contributed by atoms with van der Waals surface area (Å²) in [5.41, 5.74) is 2.56. The molecule has 0 amide bonds. The minimum Gasteiger partial charge on any atom is -0.490 e. The van der Waals surface area contributed by atoms with Crippen molar-refractivity contribution in [1.82, 2.24) is 0 Å². The molecule has 0 atom stereocenters. The first kappa shape index (κ1) is 50.1. The number of carbonyl (C=O) groups is 2. The lowest BCUT2D eigenvalue weighted by atomic mass is 10.1. The molecule has 3 rings (SSSR count). The topological polar surface area (TPSA) is 80.3 Å². The molecule has 0 aliphatic heterocycles. The highest BCUT2D eigenvalue weighted by atomic mass is 16.5. The maximum absolute atomic E-state index is 13.8. The standard InChI is InChI=1S/C53H78O7/c1-6-9-12-15-18-21-24-27-38-56-49-41-46(53(55)60-48-36-32-45(33-37-48)44-30-34-47(35-31-44)59-52(54)43(4)5)42-50(57-39-28-25-22-19-16-13-10-7-2)51(49)58-40-29-26-23-20-17-14-11-8-3/h30-37,41-42H,4,6-29,38-40H2,1-3,5H3. The molecule has 0 unspecified atom stereocenters. The summed E-state index contributed by atoms with van der Waals surface area (Å²) in [6.07, 6.45) is 29.1. The highest BCUT2D eigenvalue weighted by Gasteiger charge is 2.21. The number of esters is 2. The molecule has 0 fully saturated rings. The van der Waals surface area contributed by atoms with Crippen molar-refractivity contribution in [2.45, 2.75) is 182 Å². The Bertz CT molecular complexity index is 1570. The number of hydrogen-bond donors (Lipinski definition) is 0. The summed E-state index contributed by atoms with van der Waals surface area (Å²) >= 11 is 0. The number of benzene rings is 3. The van der Waals surface area contributed by atoms with E-state index >= 15 is 0 Å². The van der Waals surface area contributed by atoms with E-state index in [1.165, 1.54) is 116 Å². The summed E-state index contributed by atoms with van der Waals surface area (Å²) in [5, 5.41) is 0. The number of unbranched alkanes of at least 4 members (excludes halogenated alkanes) is 21. The fourth-order valence-corrected chi connectivity index (χ4v) is 7.09. The monoisotopic (exact) mass is 827 g/mol. The molecule has 3 aromatic rings. The minimum absolute atomic E-state index is 0.340. The third-order valence-corrected chi connectivity index (χ3v) is 10.8. The molecule has 0 saturated heterocycles. The van der Waals surface area contributed by atoms with Crippen LogP contribution in [0, 0.1) is 0 Å². The van der Waals surface area contributed by atoms with Crippen LogP contribution in [0.2, 0.25) is 0 Å². The number of hydrogen-bond acceptors (Lipinski definition) is 7. The van der Waals surface area contributed by atoms with Crippen LogP contribution in [0.3, 0.4) is 0 Å². The molecule has 0 aliphatic rings. The summed E-state index contributed by atoms with van der Waals surface area (Å²) in [6.45, 7) is 13.6. The summed E-state index contributed by atoms with van der Waals surface area (Å²) in [5.74, 6) is 1.57. The number of rotatable bonds is 35. The SMILES string of the molecule is C=C(C)C(=O)Oc1ccc(-c2ccc(OC(=O)c3cc(OCCCCCCCCCC)c(OCCCCCCCCCC)c(OCCCCCCCCCC)c3)cc2)cc1. The van der Waals surface area contributed by atoms with E-state index in [1.807, 2.05) is 24.3 Å². The van der Waals surface area contributed by atoms with Crippen molar-refractivity contribution in [2.24, 2.45) is 0 Å². The van der Waals surface area contributed by atoms with E-state index in [2.05, 4.69) is 27.4 Å². The molecule has 0 aromatic heterocycles. The fraction of sp³-hybridized carbons (Fsp3) is 0.585. The Morgan fingerprint density at radius 2 is 0.783 bits per heavy atom. The summed E-state index contributed by atoms with van der Waals surface area (Å²) in [6, 6.07) is 18.1. The Morgan fingerprint density at radius 1 is 0.450 bits per heavy atom. The first-order valence-corrected chi connectivity index (χ1v) is 23.7. The molecule has 7 heteroatoms. The largest absolute Gasteiger partial charge is 0.490 e. The quantitative estimate of drug-likeness (QED) is 0.0253. The van der Waals surface area contributed by atoms with E-state index in [-0.39, 0.29) is 0 Å². The summed E-state index contributed by atoms with van der Waals surface area (Å²) in [7, 11) is 0. The molecule has 0 saturated carbocycles. The molecule has 0 aliphatic carbocycles. The van der Waals surface area contributed by atoms with Gasteiger partial charge in [0.25, 0.3) is 0 Å². The van der Waals surface area contributed by atoms with Crippen LogP contribution >= 0.6 is 0 Å². The van der Waals surface area contributed by atoms with Crippen LogP contribution in [0.5, 0.6) is 28.7 Å². The second-order valence-electron chi connectivity index (χ2n) is 16.4. The molecule has 0 spiro atoms. The van der Waals surface area contributed by atoms with Crippen LogP contribution in [0.1, 0.15) is 192 Å². The van der Waals surface area contributed by atoms with Crippen molar-refractivity contribution in [3.8, 4) is 39.9 Å². The molecule has 0 heterocycles. The fourth-order valence-electron chi connectivity index (χ4n) is 7.09.